The first-order chi connectivity index (χ1) is 19.4. The van der Waals surface area contributed by atoms with Crippen molar-refractivity contribution in [1.82, 2.24) is 0 Å². The number of hydrogen-bond donors (Lipinski definition) is 0. The molecule has 0 atom stereocenters. The molecular weight excluding hydrogens is 528 g/mol. The standard InChI is InChI=1S/C32H34O7S/c1-4-6-19-36-26-13-9-24(10-14-26)31(34)39-28-17-18-29(23(3)22-28)40-32(35)25-11-15-27(16-12-25)37-20-7-8-21-38-30(33)5-2/h5,9-18,22H,2,4,6-8,19-21H2,1,3H3. The molecule has 0 N–H and O–H groups in total. The number of rotatable bonds is 15. The molecule has 0 aromatic heterocycles. The van der Waals surface area contributed by atoms with Gasteiger partial charge in [0, 0.05) is 16.5 Å². The summed E-state index contributed by atoms with van der Waals surface area (Å²) >= 11 is 1.11. The minimum Gasteiger partial charge on any atom is -0.494 e. The summed E-state index contributed by atoms with van der Waals surface area (Å²) in [5.41, 5.74) is 1.79. The summed E-state index contributed by atoms with van der Waals surface area (Å²) < 4.78 is 21.8. The largest absolute Gasteiger partial charge is 0.494 e. The van der Waals surface area contributed by atoms with Crippen LogP contribution in [0.25, 0.3) is 0 Å². The van der Waals surface area contributed by atoms with Crippen molar-refractivity contribution in [2.75, 3.05) is 19.8 Å². The van der Waals surface area contributed by atoms with Crippen molar-refractivity contribution in [3.63, 3.8) is 0 Å². The number of carbonyl (C=O) groups is 3. The summed E-state index contributed by atoms with van der Waals surface area (Å²) in [6, 6.07) is 19.0. The molecule has 0 fully saturated rings. The van der Waals surface area contributed by atoms with Gasteiger partial charge in [0.2, 0.25) is 5.12 Å². The highest BCUT2D eigenvalue weighted by Crippen LogP contribution is 2.30. The summed E-state index contributed by atoms with van der Waals surface area (Å²) in [6.07, 6.45) is 4.58. The van der Waals surface area contributed by atoms with Gasteiger partial charge in [0.15, 0.2) is 0 Å². The molecule has 0 spiro atoms. The second-order valence-electron chi connectivity index (χ2n) is 8.88. The van der Waals surface area contributed by atoms with Gasteiger partial charge in [-0.25, -0.2) is 9.59 Å². The van der Waals surface area contributed by atoms with Crippen molar-refractivity contribution in [2.24, 2.45) is 0 Å². The van der Waals surface area contributed by atoms with Crippen molar-refractivity contribution in [1.29, 1.82) is 0 Å². The molecule has 7 nitrogen and oxygen atoms in total. The van der Waals surface area contributed by atoms with Gasteiger partial charge in [-0.15, -0.1) is 0 Å². The van der Waals surface area contributed by atoms with Crippen molar-refractivity contribution in [3.05, 3.63) is 96.1 Å². The van der Waals surface area contributed by atoms with Crippen LogP contribution < -0.4 is 14.2 Å². The van der Waals surface area contributed by atoms with Crippen molar-refractivity contribution < 1.29 is 33.3 Å². The number of hydrogen-bond acceptors (Lipinski definition) is 8. The first-order valence-electron chi connectivity index (χ1n) is 13.2. The number of thioether (sulfide) groups is 1. The van der Waals surface area contributed by atoms with E-state index in [2.05, 4.69) is 13.5 Å². The van der Waals surface area contributed by atoms with Crippen LogP contribution in [0.15, 0.2) is 84.3 Å². The second kappa shape index (κ2) is 16.2. The average Bonchev–Trinajstić information content (AvgIpc) is 2.96. The minimum atomic E-state index is -0.463. The summed E-state index contributed by atoms with van der Waals surface area (Å²) in [5, 5.41) is -0.107. The number of aryl methyl sites for hydroxylation is 1. The van der Waals surface area contributed by atoms with E-state index >= 15 is 0 Å². The molecule has 0 amide bonds. The van der Waals surface area contributed by atoms with Gasteiger partial charge in [0.1, 0.15) is 17.2 Å². The van der Waals surface area contributed by atoms with E-state index in [4.69, 9.17) is 18.9 Å². The van der Waals surface area contributed by atoms with Gasteiger partial charge in [0.05, 0.1) is 25.4 Å². The molecule has 8 heteroatoms. The molecule has 0 bridgehead atoms. The van der Waals surface area contributed by atoms with Gasteiger partial charge in [-0.05, 0) is 110 Å². The average molecular weight is 563 g/mol. The molecule has 0 radical (unpaired) electrons. The summed E-state index contributed by atoms with van der Waals surface area (Å²) in [7, 11) is 0. The van der Waals surface area contributed by atoms with Crippen LogP contribution in [0, 0.1) is 6.92 Å². The molecule has 0 saturated heterocycles. The van der Waals surface area contributed by atoms with Crippen LogP contribution in [0.2, 0.25) is 0 Å². The lowest BCUT2D eigenvalue weighted by molar-refractivity contribution is -0.137. The van der Waals surface area contributed by atoms with Crippen LogP contribution in [0.1, 0.15) is 58.9 Å². The van der Waals surface area contributed by atoms with Crippen LogP contribution in [0.4, 0.5) is 0 Å². The summed E-state index contributed by atoms with van der Waals surface area (Å²) in [4.78, 5) is 37.2. The van der Waals surface area contributed by atoms with Crippen LogP contribution in [-0.4, -0.2) is 36.9 Å². The highest BCUT2D eigenvalue weighted by atomic mass is 32.2. The Kier molecular flexibility index (Phi) is 12.3. The summed E-state index contributed by atoms with van der Waals surface area (Å²) in [6.45, 7) is 8.76. The predicted octanol–water partition coefficient (Wildman–Crippen LogP) is 7.21. The second-order valence-corrected chi connectivity index (χ2v) is 9.90. The number of carbonyl (C=O) groups excluding carboxylic acids is 3. The van der Waals surface area contributed by atoms with E-state index in [1.807, 2.05) is 6.92 Å². The number of ether oxygens (including phenoxy) is 4. The Labute approximate surface area is 239 Å². The number of unbranched alkanes of at least 4 members (excludes halogenated alkanes) is 2. The lowest BCUT2D eigenvalue weighted by atomic mass is 10.2. The zero-order valence-electron chi connectivity index (χ0n) is 22.9. The quantitative estimate of drug-likeness (QED) is 0.0631. The van der Waals surface area contributed by atoms with Gasteiger partial charge in [0.25, 0.3) is 0 Å². The Balaban J connectivity index is 1.47. The first kappa shape index (κ1) is 30.5. The maximum absolute atomic E-state index is 12.8. The maximum atomic E-state index is 12.8. The topological polar surface area (TPSA) is 88.1 Å². The normalized spacial score (nSPS) is 10.4. The van der Waals surface area contributed by atoms with Gasteiger partial charge >= 0.3 is 11.9 Å². The monoisotopic (exact) mass is 562 g/mol. The van der Waals surface area contributed by atoms with Crippen LogP contribution in [-0.2, 0) is 9.53 Å². The van der Waals surface area contributed by atoms with E-state index in [0.29, 0.717) is 48.9 Å². The van der Waals surface area contributed by atoms with Gasteiger partial charge in [-0.2, -0.15) is 0 Å². The minimum absolute atomic E-state index is 0.107. The third kappa shape index (κ3) is 9.93. The Morgan fingerprint density at radius 2 is 1.35 bits per heavy atom. The third-order valence-corrected chi connectivity index (χ3v) is 6.82. The molecule has 0 aliphatic carbocycles. The molecule has 0 saturated carbocycles. The molecular formula is C32H34O7S. The molecule has 3 rings (SSSR count). The molecule has 3 aromatic carbocycles. The molecule has 40 heavy (non-hydrogen) atoms. The maximum Gasteiger partial charge on any atom is 0.343 e. The number of benzene rings is 3. The zero-order valence-corrected chi connectivity index (χ0v) is 23.7. The fraction of sp³-hybridized carbons (Fsp3) is 0.281. The lowest BCUT2D eigenvalue weighted by Gasteiger charge is -2.10. The highest BCUT2D eigenvalue weighted by molar-refractivity contribution is 8.14. The number of esters is 2. The fourth-order valence-electron chi connectivity index (χ4n) is 3.46. The zero-order chi connectivity index (χ0) is 28.7. The third-order valence-electron chi connectivity index (χ3n) is 5.72. The Morgan fingerprint density at radius 3 is 1.95 bits per heavy atom. The van der Waals surface area contributed by atoms with Crippen LogP contribution in [0.3, 0.4) is 0 Å². The molecule has 0 unspecified atom stereocenters. The van der Waals surface area contributed by atoms with Crippen molar-refractivity contribution in [3.8, 4) is 17.2 Å². The SMILES string of the molecule is C=CC(=O)OCCCCOc1ccc(C(=O)Sc2ccc(OC(=O)c3ccc(OCCCC)cc3)cc2C)cc1. The fourth-order valence-corrected chi connectivity index (χ4v) is 4.27. The Morgan fingerprint density at radius 1 is 0.775 bits per heavy atom. The van der Waals surface area contributed by atoms with Crippen molar-refractivity contribution in [2.45, 2.75) is 44.4 Å². The first-order valence-corrected chi connectivity index (χ1v) is 14.0. The smallest absolute Gasteiger partial charge is 0.343 e. The molecule has 210 valence electrons. The van der Waals surface area contributed by atoms with Crippen LogP contribution >= 0.6 is 11.8 Å². The molecule has 0 aliphatic rings. The van der Waals surface area contributed by atoms with E-state index in [1.54, 1.807) is 66.7 Å². The van der Waals surface area contributed by atoms with Gasteiger partial charge in [-0.3, -0.25) is 4.79 Å². The van der Waals surface area contributed by atoms with E-state index in [-0.39, 0.29) is 5.12 Å². The summed E-state index contributed by atoms with van der Waals surface area (Å²) in [5.74, 6) is 0.886. The predicted molar refractivity (Wildman–Crippen MR) is 155 cm³/mol. The molecule has 3 aromatic rings. The molecule has 0 heterocycles. The van der Waals surface area contributed by atoms with Crippen LogP contribution in [0.5, 0.6) is 17.2 Å². The van der Waals surface area contributed by atoms with E-state index in [9.17, 15) is 14.4 Å². The van der Waals surface area contributed by atoms with Gasteiger partial charge < -0.3 is 18.9 Å². The Bertz CT molecular complexity index is 1280. The van der Waals surface area contributed by atoms with Gasteiger partial charge in [-0.1, -0.05) is 19.9 Å². The Hall–Kier alpha value is -4.04. The molecule has 0 aliphatic heterocycles. The van der Waals surface area contributed by atoms with E-state index in [1.165, 1.54) is 0 Å². The lowest BCUT2D eigenvalue weighted by Crippen LogP contribution is -2.08. The highest BCUT2D eigenvalue weighted by Gasteiger charge is 2.13. The van der Waals surface area contributed by atoms with E-state index < -0.39 is 11.9 Å². The van der Waals surface area contributed by atoms with E-state index in [0.717, 1.165) is 53.3 Å². The van der Waals surface area contributed by atoms with Crippen molar-refractivity contribution >= 4 is 28.8 Å².